The van der Waals surface area contributed by atoms with E-state index in [0.29, 0.717) is 26.1 Å². The van der Waals surface area contributed by atoms with Crippen molar-refractivity contribution < 1.29 is 19.1 Å². The molecule has 0 radical (unpaired) electrons. The lowest BCUT2D eigenvalue weighted by Crippen LogP contribution is -2.43. The number of hydrogen-bond donors (Lipinski definition) is 1. The summed E-state index contributed by atoms with van der Waals surface area (Å²) in [7, 11) is 2.96. The van der Waals surface area contributed by atoms with Gasteiger partial charge in [0.05, 0.1) is 32.5 Å². The van der Waals surface area contributed by atoms with Gasteiger partial charge in [-0.15, -0.1) is 5.10 Å². The second-order valence-electron chi connectivity index (χ2n) is 8.61. The van der Waals surface area contributed by atoms with E-state index in [1.807, 2.05) is 54.6 Å². The second kappa shape index (κ2) is 12.1. The summed E-state index contributed by atoms with van der Waals surface area (Å²) in [5.41, 5.74) is 2.30. The van der Waals surface area contributed by atoms with Gasteiger partial charge in [-0.2, -0.15) is 0 Å². The highest BCUT2D eigenvalue weighted by molar-refractivity contribution is 5.86. The van der Waals surface area contributed by atoms with E-state index in [-0.39, 0.29) is 23.7 Å². The van der Waals surface area contributed by atoms with Crippen molar-refractivity contribution in [3.05, 3.63) is 83.7 Å². The quantitative estimate of drug-likeness (QED) is 0.437. The molecule has 4 rings (SSSR count). The molecule has 0 aliphatic carbocycles. The molecule has 0 spiro atoms. The Morgan fingerprint density at radius 2 is 1.89 bits per heavy atom. The van der Waals surface area contributed by atoms with Gasteiger partial charge in [-0.3, -0.25) is 9.69 Å². The van der Waals surface area contributed by atoms with Crippen molar-refractivity contribution in [2.45, 2.75) is 24.9 Å². The number of rotatable bonds is 10. The van der Waals surface area contributed by atoms with Gasteiger partial charge in [-0.1, -0.05) is 65.9 Å². The van der Waals surface area contributed by atoms with Crippen molar-refractivity contribution >= 4 is 18.0 Å². The molecule has 1 N–H and O–H groups in total. The number of ether oxygens (including phenoxy) is 2. The Bertz CT molecular complexity index is 1190. The van der Waals surface area contributed by atoms with Crippen LogP contribution in [0.5, 0.6) is 5.75 Å². The molecule has 1 aromatic heterocycles. The van der Waals surface area contributed by atoms with Gasteiger partial charge in [-0.05, 0) is 24.5 Å². The number of aromatic nitrogens is 3. The molecule has 1 fully saturated rings. The average Bonchev–Trinajstić information content (AvgIpc) is 3.57. The highest BCUT2D eigenvalue weighted by Gasteiger charge is 2.37. The molecule has 9 nitrogen and oxygen atoms in total. The van der Waals surface area contributed by atoms with Crippen LogP contribution in [-0.4, -0.2) is 71.7 Å². The zero-order valence-electron chi connectivity index (χ0n) is 20.5. The first-order valence-corrected chi connectivity index (χ1v) is 11.9. The summed E-state index contributed by atoms with van der Waals surface area (Å²) in [6.07, 6.45) is 6.94. The first-order chi connectivity index (χ1) is 17.6. The number of amides is 1. The van der Waals surface area contributed by atoms with Crippen LogP contribution < -0.4 is 10.1 Å². The van der Waals surface area contributed by atoms with E-state index >= 15 is 0 Å². The van der Waals surface area contributed by atoms with Crippen LogP contribution in [0.25, 0.3) is 6.08 Å². The fraction of sp³-hybridized carbons (Fsp3) is 0.333. The van der Waals surface area contributed by atoms with Crippen LogP contribution in [0.2, 0.25) is 0 Å². The predicted octanol–water partition coefficient (Wildman–Crippen LogP) is 2.76. The maximum atomic E-state index is 13.2. The number of likely N-dealkylation sites (tertiary alicyclic amines) is 1. The zero-order chi connectivity index (χ0) is 25.3. The molecule has 1 saturated heterocycles. The highest BCUT2D eigenvalue weighted by atomic mass is 16.5. The van der Waals surface area contributed by atoms with Gasteiger partial charge in [0.15, 0.2) is 5.69 Å². The maximum Gasteiger partial charge on any atom is 0.360 e. The van der Waals surface area contributed by atoms with E-state index in [0.717, 1.165) is 17.7 Å². The van der Waals surface area contributed by atoms with Gasteiger partial charge >= 0.3 is 5.97 Å². The predicted molar refractivity (Wildman–Crippen MR) is 136 cm³/mol. The third kappa shape index (κ3) is 6.17. The van der Waals surface area contributed by atoms with E-state index in [2.05, 4.69) is 32.7 Å². The fourth-order valence-corrected chi connectivity index (χ4v) is 4.41. The lowest BCUT2D eigenvalue weighted by molar-refractivity contribution is -0.125. The van der Waals surface area contributed by atoms with E-state index in [4.69, 9.17) is 9.47 Å². The summed E-state index contributed by atoms with van der Waals surface area (Å²) in [4.78, 5) is 27.1. The Labute approximate surface area is 210 Å². The van der Waals surface area contributed by atoms with Crippen LogP contribution in [0.1, 0.15) is 34.1 Å². The third-order valence-corrected chi connectivity index (χ3v) is 6.29. The standard InChI is InChI=1S/C27H31N5O4/c1-35-25-13-7-6-11-21(25)12-8-16-31-18-22(32-19-23(29-30-32)27(34)36-2)17-24(31)26(33)28-15-14-20-9-4-3-5-10-20/h3-13,19,22,24H,14-18H2,1-2H3,(H,28,33)/b12-8+/t22-,24+/m1/s1. The summed E-state index contributed by atoms with van der Waals surface area (Å²) in [5.74, 6) is 0.236. The number of benzene rings is 2. The normalized spacial score (nSPS) is 17.8. The van der Waals surface area contributed by atoms with Crippen LogP contribution in [0.4, 0.5) is 0 Å². The number of methoxy groups -OCH3 is 2. The van der Waals surface area contributed by atoms with Gasteiger partial charge < -0.3 is 14.8 Å². The maximum absolute atomic E-state index is 13.2. The number of esters is 1. The number of carbonyl (C=O) groups excluding carboxylic acids is 2. The van der Waals surface area contributed by atoms with Crippen molar-refractivity contribution in [2.75, 3.05) is 33.9 Å². The number of hydrogen-bond acceptors (Lipinski definition) is 7. The molecular formula is C27H31N5O4. The van der Waals surface area contributed by atoms with Gasteiger partial charge in [0.2, 0.25) is 5.91 Å². The SMILES string of the molecule is COC(=O)c1cn([C@@H]2C[C@@H](C(=O)NCCc3ccccc3)N(C/C=C/c3ccccc3OC)C2)nn1. The Hall–Kier alpha value is -3.98. The number of nitrogens with zero attached hydrogens (tertiary/aromatic N) is 4. The van der Waals surface area contributed by atoms with E-state index in [9.17, 15) is 9.59 Å². The molecule has 2 atom stereocenters. The lowest BCUT2D eigenvalue weighted by atomic mass is 10.1. The molecule has 0 saturated carbocycles. The number of para-hydroxylation sites is 1. The van der Waals surface area contributed by atoms with Crippen molar-refractivity contribution in [3.63, 3.8) is 0 Å². The molecular weight excluding hydrogens is 458 g/mol. The monoisotopic (exact) mass is 489 g/mol. The van der Waals surface area contributed by atoms with Crippen molar-refractivity contribution in [1.82, 2.24) is 25.2 Å². The van der Waals surface area contributed by atoms with Gasteiger partial charge in [-0.25, -0.2) is 9.48 Å². The third-order valence-electron chi connectivity index (χ3n) is 6.29. The largest absolute Gasteiger partial charge is 0.496 e. The molecule has 188 valence electrons. The zero-order valence-corrected chi connectivity index (χ0v) is 20.5. The second-order valence-corrected chi connectivity index (χ2v) is 8.61. The first-order valence-electron chi connectivity index (χ1n) is 11.9. The molecule has 0 bridgehead atoms. The van der Waals surface area contributed by atoms with Crippen molar-refractivity contribution in [3.8, 4) is 5.75 Å². The average molecular weight is 490 g/mol. The van der Waals surface area contributed by atoms with Gasteiger partial charge in [0.25, 0.3) is 0 Å². The highest BCUT2D eigenvalue weighted by Crippen LogP contribution is 2.27. The van der Waals surface area contributed by atoms with E-state index in [1.165, 1.54) is 12.7 Å². The summed E-state index contributed by atoms with van der Waals surface area (Å²) < 4.78 is 11.8. The van der Waals surface area contributed by atoms with Crippen LogP contribution in [0.15, 0.2) is 66.9 Å². The van der Waals surface area contributed by atoms with Crippen molar-refractivity contribution in [1.29, 1.82) is 0 Å². The van der Waals surface area contributed by atoms with E-state index < -0.39 is 5.97 Å². The minimum Gasteiger partial charge on any atom is -0.496 e. The Kier molecular flexibility index (Phi) is 8.46. The van der Waals surface area contributed by atoms with Crippen LogP contribution >= 0.6 is 0 Å². The molecule has 2 heterocycles. The molecule has 9 heteroatoms. The lowest BCUT2D eigenvalue weighted by Gasteiger charge is -2.22. The molecule has 0 unspecified atom stereocenters. The first kappa shape index (κ1) is 25.1. The van der Waals surface area contributed by atoms with Crippen molar-refractivity contribution in [2.24, 2.45) is 0 Å². The Balaban J connectivity index is 1.45. The summed E-state index contributed by atoms with van der Waals surface area (Å²) in [5, 5.41) is 11.1. The van der Waals surface area contributed by atoms with Crippen LogP contribution in [0, 0.1) is 0 Å². The van der Waals surface area contributed by atoms with Gasteiger partial charge in [0.1, 0.15) is 5.75 Å². The Morgan fingerprint density at radius 1 is 1.11 bits per heavy atom. The minimum absolute atomic E-state index is 0.0209. The smallest absolute Gasteiger partial charge is 0.360 e. The molecule has 2 aromatic carbocycles. The summed E-state index contributed by atoms with van der Waals surface area (Å²) in [6.45, 7) is 1.73. The number of nitrogens with one attached hydrogen (secondary N) is 1. The van der Waals surface area contributed by atoms with Gasteiger partial charge in [0, 0.05) is 25.2 Å². The molecule has 1 aliphatic heterocycles. The van der Waals surface area contributed by atoms with Crippen LogP contribution in [-0.2, 0) is 16.0 Å². The molecule has 3 aromatic rings. The topological polar surface area (TPSA) is 98.6 Å². The summed E-state index contributed by atoms with van der Waals surface area (Å²) in [6, 6.07) is 17.4. The van der Waals surface area contributed by atoms with E-state index in [1.54, 1.807) is 18.0 Å². The number of carbonyl (C=O) groups is 2. The Morgan fingerprint density at radius 3 is 2.67 bits per heavy atom. The fourth-order valence-electron chi connectivity index (χ4n) is 4.41. The minimum atomic E-state index is -0.536. The molecule has 1 amide bonds. The molecule has 36 heavy (non-hydrogen) atoms. The summed E-state index contributed by atoms with van der Waals surface area (Å²) >= 11 is 0. The van der Waals surface area contributed by atoms with Crippen LogP contribution in [0.3, 0.4) is 0 Å². The molecule has 1 aliphatic rings.